The molecule has 0 radical (unpaired) electrons. The van der Waals surface area contributed by atoms with Gasteiger partial charge in [-0.05, 0) is 32.1 Å². The Morgan fingerprint density at radius 3 is 1.10 bits per heavy atom. The van der Waals surface area contributed by atoms with Crippen molar-refractivity contribution in [3.63, 3.8) is 0 Å². The lowest BCUT2D eigenvalue weighted by Gasteiger charge is -2.20. The lowest BCUT2D eigenvalue weighted by molar-refractivity contribution is -0.143. The number of unbranched alkanes of at least 4 members (excludes halogenated alkanes) is 41. The number of esters is 1. The molecule has 368 valence electrons. The van der Waals surface area contributed by atoms with E-state index in [1.54, 1.807) is 6.08 Å². The SMILES string of the molecule is CCCCCCCCCCCCCCCCCC/C=C/C(O)C(CO)NC(=O)CCCCCCCCCCCCOC(=O)CCCCCCCCCCCCCCCCCCC. The summed E-state index contributed by atoms with van der Waals surface area (Å²) in [5.41, 5.74) is 0. The van der Waals surface area contributed by atoms with Crippen molar-refractivity contribution in [3.8, 4) is 0 Å². The normalized spacial score (nSPS) is 12.6. The van der Waals surface area contributed by atoms with Gasteiger partial charge >= 0.3 is 5.97 Å². The van der Waals surface area contributed by atoms with E-state index in [2.05, 4.69) is 19.2 Å². The van der Waals surface area contributed by atoms with Crippen LogP contribution in [0.3, 0.4) is 0 Å². The number of nitrogens with one attached hydrogen (secondary N) is 1. The van der Waals surface area contributed by atoms with Crippen LogP contribution in [0.1, 0.15) is 309 Å². The highest BCUT2D eigenvalue weighted by atomic mass is 16.5. The Bertz CT molecular complexity index is 924. The second-order valence-electron chi connectivity index (χ2n) is 19.3. The van der Waals surface area contributed by atoms with Crippen LogP contribution >= 0.6 is 0 Å². The second-order valence-corrected chi connectivity index (χ2v) is 19.3. The Morgan fingerprint density at radius 2 is 0.742 bits per heavy atom. The molecule has 0 aromatic carbocycles. The summed E-state index contributed by atoms with van der Waals surface area (Å²) in [6.45, 7) is 4.88. The van der Waals surface area contributed by atoms with Gasteiger partial charge in [-0.1, -0.05) is 276 Å². The molecule has 0 rings (SSSR count). The highest BCUT2D eigenvalue weighted by Gasteiger charge is 2.18. The van der Waals surface area contributed by atoms with E-state index >= 15 is 0 Å². The number of hydrogen-bond donors (Lipinski definition) is 3. The van der Waals surface area contributed by atoms with Crippen molar-refractivity contribution < 1.29 is 24.5 Å². The molecule has 0 aliphatic carbocycles. The molecule has 0 saturated carbocycles. The molecule has 6 nitrogen and oxygen atoms in total. The fourth-order valence-electron chi connectivity index (χ4n) is 8.75. The first-order valence-electron chi connectivity index (χ1n) is 28.0. The van der Waals surface area contributed by atoms with Crippen LogP contribution in [0.15, 0.2) is 12.2 Å². The summed E-state index contributed by atoms with van der Waals surface area (Å²) in [5.74, 6) is -0.104. The summed E-state index contributed by atoms with van der Waals surface area (Å²) in [6.07, 6.45) is 60.8. The quantitative estimate of drug-likeness (QED) is 0.0321. The summed E-state index contributed by atoms with van der Waals surface area (Å²) >= 11 is 0. The van der Waals surface area contributed by atoms with Gasteiger partial charge in [-0.3, -0.25) is 9.59 Å². The average Bonchev–Trinajstić information content (AvgIpc) is 3.27. The van der Waals surface area contributed by atoms with Crippen molar-refractivity contribution in [1.82, 2.24) is 5.32 Å². The van der Waals surface area contributed by atoms with Crippen LogP contribution < -0.4 is 5.32 Å². The molecule has 0 heterocycles. The summed E-state index contributed by atoms with van der Waals surface area (Å²) in [4.78, 5) is 24.5. The van der Waals surface area contributed by atoms with Crippen LogP contribution in [0.25, 0.3) is 0 Å². The minimum atomic E-state index is -0.858. The van der Waals surface area contributed by atoms with Gasteiger partial charge in [0, 0.05) is 12.8 Å². The first-order chi connectivity index (χ1) is 30.5. The van der Waals surface area contributed by atoms with Crippen LogP contribution in [0.5, 0.6) is 0 Å². The molecule has 0 spiro atoms. The van der Waals surface area contributed by atoms with Crippen LogP contribution in [0, 0.1) is 0 Å². The number of rotatable bonds is 52. The molecule has 2 unspecified atom stereocenters. The van der Waals surface area contributed by atoms with Crippen LogP contribution in [0.2, 0.25) is 0 Å². The Kier molecular flexibility index (Phi) is 51.0. The Labute approximate surface area is 387 Å². The molecule has 1 amide bonds. The van der Waals surface area contributed by atoms with E-state index in [1.165, 1.54) is 225 Å². The summed E-state index contributed by atoms with van der Waals surface area (Å²) in [6, 6.07) is -0.643. The van der Waals surface area contributed by atoms with Gasteiger partial charge in [0.05, 0.1) is 25.4 Å². The number of aliphatic hydroxyl groups is 2. The number of hydrogen-bond acceptors (Lipinski definition) is 5. The van der Waals surface area contributed by atoms with Gasteiger partial charge in [-0.25, -0.2) is 0 Å². The number of aliphatic hydroxyl groups excluding tert-OH is 2. The number of allylic oxidation sites excluding steroid dienone is 1. The summed E-state index contributed by atoms with van der Waals surface area (Å²) < 4.78 is 5.47. The maximum absolute atomic E-state index is 12.5. The predicted molar refractivity (Wildman–Crippen MR) is 269 cm³/mol. The Morgan fingerprint density at radius 1 is 0.435 bits per heavy atom. The van der Waals surface area contributed by atoms with E-state index in [4.69, 9.17) is 4.74 Å². The minimum absolute atomic E-state index is 0.0163. The van der Waals surface area contributed by atoms with E-state index in [0.717, 1.165) is 57.8 Å². The molecule has 2 atom stereocenters. The van der Waals surface area contributed by atoms with Gasteiger partial charge in [0.15, 0.2) is 0 Å². The van der Waals surface area contributed by atoms with Gasteiger partial charge in [-0.2, -0.15) is 0 Å². The third kappa shape index (κ3) is 48.1. The minimum Gasteiger partial charge on any atom is -0.466 e. The van der Waals surface area contributed by atoms with E-state index < -0.39 is 12.1 Å². The molecule has 0 saturated heterocycles. The molecule has 6 heteroatoms. The van der Waals surface area contributed by atoms with Gasteiger partial charge in [0.2, 0.25) is 5.91 Å². The number of carbonyl (C=O) groups is 2. The molecule has 0 aromatic heterocycles. The van der Waals surface area contributed by atoms with Crippen LogP contribution in [0.4, 0.5) is 0 Å². The van der Waals surface area contributed by atoms with Crippen molar-refractivity contribution in [2.75, 3.05) is 13.2 Å². The first-order valence-corrected chi connectivity index (χ1v) is 28.0. The van der Waals surface area contributed by atoms with Gasteiger partial charge in [0.1, 0.15) is 0 Å². The largest absolute Gasteiger partial charge is 0.466 e. The summed E-state index contributed by atoms with van der Waals surface area (Å²) in [7, 11) is 0. The smallest absolute Gasteiger partial charge is 0.305 e. The van der Waals surface area contributed by atoms with Crippen molar-refractivity contribution in [3.05, 3.63) is 12.2 Å². The zero-order valence-corrected chi connectivity index (χ0v) is 41.9. The molecule has 0 aliphatic rings. The highest BCUT2D eigenvalue weighted by Crippen LogP contribution is 2.17. The molecule has 0 bridgehead atoms. The standard InChI is InChI=1S/C56H109NO5/c1-3-5-7-9-11-13-15-17-19-21-23-24-26-28-32-36-40-44-48-54(59)53(52-58)57-55(60)49-45-41-37-33-30-31-35-39-43-47-51-62-56(61)50-46-42-38-34-29-27-25-22-20-18-16-14-12-10-8-6-4-2/h44,48,53-54,58-59H,3-43,45-47,49-52H2,1-2H3,(H,57,60)/b48-44+. The van der Waals surface area contributed by atoms with Gasteiger partial charge < -0.3 is 20.3 Å². The van der Waals surface area contributed by atoms with Gasteiger partial charge in [0.25, 0.3) is 0 Å². The zero-order chi connectivity index (χ0) is 45.1. The van der Waals surface area contributed by atoms with Crippen molar-refractivity contribution in [1.29, 1.82) is 0 Å². The third-order valence-corrected chi connectivity index (χ3v) is 13.1. The van der Waals surface area contributed by atoms with E-state index in [-0.39, 0.29) is 18.5 Å². The van der Waals surface area contributed by atoms with E-state index in [1.807, 2.05) is 6.08 Å². The van der Waals surface area contributed by atoms with Crippen LogP contribution in [-0.2, 0) is 14.3 Å². The Balaban J connectivity index is 3.48. The lowest BCUT2D eigenvalue weighted by Crippen LogP contribution is -2.45. The van der Waals surface area contributed by atoms with E-state index in [0.29, 0.717) is 19.4 Å². The molecular weight excluding hydrogens is 767 g/mol. The molecular formula is C56H109NO5. The second kappa shape index (κ2) is 52.2. The predicted octanol–water partition coefficient (Wildman–Crippen LogP) is 16.9. The third-order valence-electron chi connectivity index (χ3n) is 13.1. The lowest BCUT2D eigenvalue weighted by atomic mass is 10.0. The number of carbonyl (C=O) groups excluding carboxylic acids is 2. The van der Waals surface area contributed by atoms with Crippen LogP contribution in [-0.4, -0.2) is 47.4 Å². The summed E-state index contributed by atoms with van der Waals surface area (Å²) in [5, 5.41) is 23.1. The first kappa shape index (κ1) is 60.6. The van der Waals surface area contributed by atoms with Crippen molar-refractivity contribution in [2.45, 2.75) is 321 Å². The number of amides is 1. The molecule has 0 aromatic rings. The fraction of sp³-hybridized carbons (Fsp3) is 0.929. The Hall–Kier alpha value is -1.40. The zero-order valence-electron chi connectivity index (χ0n) is 41.9. The molecule has 62 heavy (non-hydrogen) atoms. The highest BCUT2D eigenvalue weighted by molar-refractivity contribution is 5.76. The fourth-order valence-corrected chi connectivity index (χ4v) is 8.75. The maximum Gasteiger partial charge on any atom is 0.305 e. The molecule has 3 N–H and O–H groups in total. The van der Waals surface area contributed by atoms with Gasteiger partial charge in [-0.15, -0.1) is 0 Å². The molecule has 0 aliphatic heterocycles. The average molecular weight is 876 g/mol. The van der Waals surface area contributed by atoms with E-state index in [9.17, 15) is 19.8 Å². The van der Waals surface area contributed by atoms with Crippen molar-refractivity contribution in [2.24, 2.45) is 0 Å². The molecule has 0 fully saturated rings. The topological polar surface area (TPSA) is 95.9 Å². The van der Waals surface area contributed by atoms with Crippen molar-refractivity contribution >= 4 is 11.9 Å². The maximum atomic E-state index is 12.5. The monoisotopic (exact) mass is 876 g/mol. The number of ether oxygens (including phenoxy) is 1.